The van der Waals surface area contributed by atoms with Crippen LogP contribution in [-0.4, -0.2) is 31.3 Å². The van der Waals surface area contributed by atoms with E-state index in [1.54, 1.807) is 13.3 Å². The number of hydrogen-bond acceptors (Lipinski definition) is 6. The molecule has 1 aliphatic rings. The Balaban J connectivity index is 2.08. The summed E-state index contributed by atoms with van der Waals surface area (Å²) >= 11 is 8.93. The van der Waals surface area contributed by atoms with Gasteiger partial charge in [-0.1, -0.05) is 27.5 Å². The molecule has 0 aromatic heterocycles. The maximum absolute atomic E-state index is 6.03. The summed E-state index contributed by atoms with van der Waals surface area (Å²) in [5, 5.41) is 6.56. The number of hydrazone groups is 1. The molecule has 9 heteroatoms. The molecule has 2 rings (SSSR count). The summed E-state index contributed by atoms with van der Waals surface area (Å²) in [6.07, 6.45) is 1.70. The highest BCUT2D eigenvalue weighted by molar-refractivity contribution is 14.2. The Morgan fingerprint density at radius 2 is 2.32 bits per heavy atom. The van der Waals surface area contributed by atoms with Gasteiger partial charge >= 0.3 is 0 Å². The Labute approximate surface area is 152 Å². The van der Waals surface area contributed by atoms with Crippen LogP contribution in [0.1, 0.15) is 5.56 Å². The molecule has 0 saturated carbocycles. The van der Waals surface area contributed by atoms with Crippen LogP contribution in [0.4, 0.5) is 0 Å². The third-order valence-electron chi connectivity index (χ3n) is 2.65. The fourth-order valence-electron chi connectivity index (χ4n) is 1.61. The number of allylic oxidation sites excluding steroid dienone is 1. The standard InChI is InChI=1S/C13H14BrClIN5O/c1-21(7-8-5-9(22-2)3-4-10(8)14)18-6-11-12(15)19-13(17)20-16-11/h3-6H,7H2,1-2H3,(H2,17,19,20)/b18-6-. The van der Waals surface area contributed by atoms with Gasteiger partial charge in [-0.25, -0.2) is 0 Å². The maximum atomic E-state index is 6.03. The fraction of sp³-hybridized carbons (Fsp3) is 0.231. The Morgan fingerprint density at radius 3 is 3.00 bits per heavy atom. The molecule has 0 radical (unpaired) electrons. The Morgan fingerprint density at radius 1 is 1.55 bits per heavy atom. The normalized spacial score (nSPS) is 14.8. The van der Waals surface area contributed by atoms with Gasteiger partial charge in [0.2, 0.25) is 5.96 Å². The minimum atomic E-state index is -0.627. The molecular formula is C13H14BrClIN5O. The first-order valence-corrected chi connectivity index (χ1v) is 9.37. The number of ether oxygens (including phenoxy) is 1. The lowest BCUT2D eigenvalue weighted by molar-refractivity contribution is 0.346. The molecule has 22 heavy (non-hydrogen) atoms. The third-order valence-corrected chi connectivity index (χ3v) is 6.08. The molecule has 1 aromatic rings. The van der Waals surface area contributed by atoms with Crippen LogP contribution in [-0.2, 0) is 6.54 Å². The second kappa shape index (κ2) is 8.02. The number of nitrogens with zero attached hydrogens (tertiary/aromatic N) is 4. The number of aliphatic imine (C=N–C) groups is 1. The molecule has 6 nitrogen and oxygen atoms in total. The SMILES string of the molecule is COc1ccc(Br)c(CN(C)/N=C\C2=C(Cl)N=C(N)N=I2)c1. The van der Waals surface area contributed by atoms with Crippen LogP contribution in [0.3, 0.4) is 0 Å². The van der Waals surface area contributed by atoms with E-state index in [-0.39, 0.29) is 5.96 Å². The summed E-state index contributed by atoms with van der Waals surface area (Å²) in [6.45, 7) is 0.625. The van der Waals surface area contributed by atoms with Crippen molar-refractivity contribution in [3.63, 3.8) is 0 Å². The molecule has 0 bridgehead atoms. The van der Waals surface area contributed by atoms with Crippen LogP contribution in [0.5, 0.6) is 5.75 Å². The van der Waals surface area contributed by atoms with E-state index in [2.05, 4.69) is 29.2 Å². The van der Waals surface area contributed by atoms with Crippen molar-refractivity contribution in [2.75, 3.05) is 14.2 Å². The summed E-state index contributed by atoms with van der Waals surface area (Å²) in [5.74, 6) is 1.05. The topological polar surface area (TPSA) is 75.6 Å². The number of benzene rings is 1. The fourth-order valence-corrected chi connectivity index (χ4v) is 3.51. The Kier molecular flexibility index (Phi) is 6.33. The van der Waals surface area contributed by atoms with E-state index in [4.69, 9.17) is 22.1 Å². The first-order chi connectivity index (χ1) is 10.5. The van der Waals surface area contributed by atoms with E-state index in [0.717, 1.165) is 19.4 Å². The molecule has 2 N–H and O–H groups in total. The zero-order chi connectivity index (χ0) is 16.1. The molecular weight excluding hydrogens is 484 g/mol. The van der Waals surface area contributed by atoms with Crippen LogP contribution in [0.25, 0.3) is 0 Å². The molecule has 0 amide bonds. The molecule has 0 unspecified atom stereocenters. The number of hydrogen-bond donors (Lipinski definition) is 1. The predicted molar refractivity (Wildman–Crippen MR) is 102 cm³/mol. The van der Waals surface area contributed by atoms with Gasteiger partial charge in [-0.05, 0) is 23.8 Å². The number of methoxy groups -OCH3 is 1. The number of halogens is 3. The molecule has 118 valence electrons. The van der Waals surface area contributed by atoms with Crippen LogP contribution in [0.15, 0.2) is 44.6 Å². The summed E-state index contributed by atoms with van der Waals surface area (Å²) in [7, 11) is 3.53. The van der Waals surface area contributed by atoms with Gasteiger partial charge in [0.1, 0.15) is 10.9 Å². The summed E-state index contributed by atoms with van der Waals surface area (Å²) in [4.78, 5) is 3.93. The van der Waals surface area contributed by atoms with E-state index >= 15 is 0 Å². The average Bonchev–Trinajstić information content (AvgIpc) is 2.48. The van der Waals surface area contributed by atoms with Gasteiger partial charge in [-0.15, -0.1) is 0 Å². The van der Waals surface area contributed by atoms with Crippen molar-refractivity contribution < 1.29 is 4.74 Å². The van der Waals surface area contributed by atoms with Gasteiger partial charge in [0, 0.05) is 32.6 Å². The number of rotatable bonds is 5. The van der Waals surface area contributed by atoms with Crippen molar-refractivity contribution in [3.05, 3.63) is 37.0 Å². The van der Waals surface area contributed by atoms with Crippen LogP contribution in [0, 0.1) is 0 Å². The van der Waals surface area contributed by atoms with Gasteiger partial charge in [-0.3, -0.25) is 5.01 Å². The zero-order valence-corrected chi connectivity index (χ0v) is 16.4. The predicted octanol–water partition coefficient (Wildman–Crippen LogP) is 3.77. The summed E-state index contributed by atoms with van der Waals surface area (Å²) in [6, 6.07) is 5.82. The highest BCUT2D eigenvalue weighted by Crippen LogP contribution is 2.27. The third kappa shape index (κ3) is 4.75. The highest BCUT2D eigenvalue weighted by atomic mass is 127. The lowest BCUT2D eigenvalue weighted by atomic mass is 10.2. The zero-order valence-electron chi connectivity index (χ0n) is 11.9. The quantitative estimate of drug-likeness (QED) is 0.291. The van der Waals surface area contributed by atoms with Gasteiger partial charge in [0.15, 0.2) is 0 Å². The Hall–Kier alpha value is -1.00. The van der Waals surface area contributed by atoms with Crippen molar-refractivity contribution in [3.8, 4) is 5.75 Å². The first kappa shape index (κ1) is 17.4. The van der Waals surface area contributed by atoms with Crippen molar-refractivity contribution in [2.24, 2.45) is 19.0 Å². The van der Waals surface area contributed by atoms with Crippen LogP contribution < -0.4 is 10.5 Å². The Bertz CT molecular complexity index is 689. The van der Waals surface area contributed by atoms with E-state index in [9.17, 15) is 0 Å². The molecule has 0 fully saturated rings. The second-order valence-corrected chi connectivity index (χ2v) is 7.63. The minimum Gasteiger partial charge on any atom is -0.497 e. The van der Waals surface area contributed by atoms with Gasteiger partial charge in [-0.2, -0.15) is 13.2 Å². The van der Waals surface area contributed by atoms with Crippen LogP contribution in [0.2, 0.25) is 0 Å². The summed E-state index contributed by atoms with van der Waals surface area (Å²) < 4.78 is 11.2. The molecule has 0 atom stereocenters. The lowest BCUT2D eigenvalue weighted by Gasteiger charge is -2.15. The molecule has 1 heterocycles. The smallest absolute Gasteiger partial charge is 0.226 e. The van der Waals surface area contributed by atoms with Gasteiger partial charge < -0.3 is 10.5 Å². The van der Waals surface area contributed by atoms with E-state index in [1.165, 1.54) is 0 Å². The van der Waals surface area contributed by atoms with Crippen molar-refractivity contribution in [1.29, 1.82) is 0 Å². The molecule has 0 saturated heterocycles. The minimum absolute atomic E-state index is 0.239. The van der Waals surface area contributed by atoms with Crippen LogP contribution >= 0.6 is 48.6 Å². The molecule has 1 aromatic carbocycles. The molecule has 1 aliphatic heterocycles. The highest BCUT2D eigenvalue weighted by Gasteiger charge is 2.08. The largest absolute Gasteiger partial charge is 0.497 e. The first-order valence-electron chi connectivity index (χ1n) is 6.16. The van der Waals surface area contributed by atoms with Crippen molar-refractivity contribution >= 4 is 60.7 Å². The summed E-state index contributed by atoms with van der Waals surface area (Å²) in [5.41, 5.74) is 6.58. The van der Waals surface area contributed by atoms with E-state index in [0.29, 0.717) is 11.7 Å². The molecule has 0 spiro atoms. The average molecular weight is 499 g/mol. The van der Waals surface area contributed by atoms with Gasteiger partial charge in [0.25, 0.3) is 0 Å². The van der Waals surface area contributed by atoms with Gasteiger partial charge in [0.05, 0.1) is 23.4 Å². The van der Waals surface area contributed by atoms with Crippen molar-refractivity contribution in [2.45, 2.75) is 6.54 Å². The van der Waals surface area contributed by atoms with E-state index < -0.39 is 21.0 Å². The maximum Gasteiger partial charge on any atom is 0.226 e. The lowest BCUT2D eigenvalue weighted by Crippen LogP contribution is -2.12. The molecule has 0 aliphatic carbocycles. The van der Waals surface area contributed by atoms with E-state index in [1.807, 2.05) is 30.3 Å². The second-order valence-electron chi connectivity index (χ2n) is 4.30. The number of nitrogens with two attached hydrogens (primary N) is 1. The monoisotopic (exact) mass is 497 g/mol. The number of guanidine groups is 1. The van der Waals surface area contributed by atoms with Crippen molar-refractivity contribution in [1.82, 2.24) is 5.01 Å².